The van der Waals surface area contributed by atoms with E-state index in [1.165, 1.54) is 0 Å². The third-order valence-corrected chi connectivity index (χ3v) is 7.50. The summed E-state index contributed by atoms with van der Waals surface area (Å²) in [6.45, 7) is 0.599. The van der Waals surface area contributed by atoms with Crippen molar-refractivity contribution in [3.8, 4) is 0 Å². The van der Waals surface area contributed by atoms with Crippen LogP contribution >= 0.6 is 0 Å². The molecule has 1 N–H and O–H groups in total. The van der Waals surface area contributed by atoms with Gasteiger partial charge in [-0.15, -0.1) is 0 Å². The minimum atomic E-state index is -9.24. The number of hydrogen-bond donors (Lipinski definition) is 1. The van der Waals surface area contributed by atoms with Crippen LogP contribution in [0.2, 0.25) is 0 Å². The van der Waals surface area contributed by atoms with Gasteiger partial charge in [0.15, 0.2) is 6.54 Å². The zero-order valence-corrected chi connectivity index (χ0v) is 26.3. The predicted octanol–water partition coefficient (Wildman–Crippen LogP) is 10.3. The highest BCUT2D eigenvalue weighted by molar-refractivity contribution is 5.77. The topological polar surface area (TPSA) is 29.1 Å². The molecule has 0 aromatic rings. The third-order valence-electron chi connectivity index (χ3n) is 7.50. The lowest BCUT2D eigenvalue weighted by Gasteiger charge is -2.44. The van der Waals surface area contributed by atoms with E-state index in [4.69, 9.17) is 0 Å². The van der Waals surface area contributed by atoms with Crippen molar-refractivity contribution in [2.75, 3.05) is 27.2 Å². The second-order valence-electron chi connectivity index (χ2n) is 12.2. The number of likely N-dealkylation sites (N-methyl/N-ethyl adjacent to an activating group) is 1. The van der Waals surface area contributed by atoms with Gasteiger partial charge in [-0.2, -0.15) is 92.2 Å². The minimum Gasteiger partial charge on any atom is -0.321 e. The fourth-order valence-corrected chi connectivity index (χ4v) is 4.35. The Hall–Kier alpha value is -2.04. The molecule has 0 aliphatic carbocycles. The molecule has 300 valence electrons. The first-order chi connectivity index (χ1) is 21.9. The van der Waals surface area contributed by atoms with Crippen LogP contribution in [0.4, 0.5) is 92.2 Å². The standard InChI is InChI=1S/C26H33F21N2O/c1-4-5-6-7-8-9-10-11-12-13-14-49(2,3)15-16(50)48-26(46,47)24(41,42)22(37,38)20(33,34)18(29,30)17(27,28)19(31,32)21(35,36)23(39,40)25(43,44)45/h4-15H2,1-3H3/p+1. The largest absolute Gasteiger partial charge is 0.460 e. The second-order valence-corrected chi connectivity index (χ2v) is 12.2. The number of hydrogen-bond acceptors (Lipinski definition) is 1. The van der Waals surface area contributed by atoms with Gasteiger partial charge in [0.25, 0.3) is 5.91 Å². The lowest BCUT2D eigenvalue weighted by molar-refractivity contribution is -0.882. The van der Waals surface area contributed by atoms with Crippen molar-refractivity contribution in [1.82, 2.24) is 5.32 Å². The van der Waals surface area contributed by atoms with Gasteiger partial charge in [0.05, 0.1) is 20.6 Å². The summed E-state index contributed by atoms with van der Waals surface area (Å²) in [6.07, 6.45) is 0.160. The Balaban J connectivity index is 6.02. The lowest BCUT2D eigenvalue weighted by Crippen LogP contribution is -2.77. The molecule has 0 atom stereocenters. The number of alkyl halides is 21. The number of unbranched alkanes of at least 4 members (excludes halogenated alkanes) is 9. The number of quaternary nitrogens is 1. The highest BCUT2D eigenvalue weighted by Gasteiger charge is 2.98. The molecular formula is C26H34F21N2O+. The van der Waals surface area contributed by atoms with Crippen molar-refractivity contribution < 1.29 is 101 Å². The van der Waals surface area contributed by atoms with E-state index in [-0.39, 0.29) is 18.3 Å². The minimum absolute atomic E-state index is 0.0896. The summed E-state index contributed by atoms with van der Waals surface area (Å²) >= 11 is 0. The van der Waals surface area contributed by atoms with Crippen LogP contribution in [0.3, 0.4) is 0 Å². The summed E-state index contributed by atoms with van der Waals surface area (Å²) in [4.78, 5) is 12.0. The van der Waals surface area contributed by atoms with Gasteiger partial charge >= 0.3 is 59.6 Å². The molecule has 0 aromatic carbocycles. The number of amides is 1. The molecule has 0 unspecified atom stereocenters. The number of rotatable bonds is 22. The van der Waals surface area contributed by atoms with Crippen LogP contribution < -0.4 is 5.32 Å². The first-order valence-corrected chi connectivity index (χ1v) is 14.5. The second kappa shape index (κ2) is 15.5. The van der Waals surface area contributed by atoms with Gasteiger partial charge in [0.2, 0.25) is 0 Å². The van der Waals surface area contributed by atoms with E-state index in [9.17, 15) is 97.0 Å². The number of halogens is 21. The summed E-state index contributed by atoms with van der Waals surface area (Å²) in [6, 6.07) is -7.16. The highest BCUT2D eigenvalue weighted by Crippen LogP contribution is 2.66. The molecule has 0 spiro atoms. The van der Waals surface area contributed by atoms with Crippen LogP contribution in [-0.4, -0.2) is 97.2 Å². The molecule has 0 saturated heterocycles. The first kappa shape index (κ1) is 48.0. The van der Waals surface area contributed by atoms with Crippen molar-refractivity contribution in [3.63, 3.8) is 0 Å². The van der Waals surface area contributed by atoms with Crippen LogP contribution in [0.5, 0.6) is 0 Å². The SMILES string of the molecule is CCCCCCCCCCCC[N+](C)(C)CC(=O)NC(F)(F)C(F)(F)C(F)(F)C(F)(F)C(F)(F)C(F)(F)C(F)(F)C(F)(F)C(F)(F)C(F)(F)F. The quantitative estimate of drug-likeness (QED) is 0.0504. The van der Waals surface area contributed by atoms with Crippen LogP contribution in [0.15, 0.2) is 0 Å². The molecule has 0 saturated carbocycles. The van der Waals surface area contributed by atoms with Crippen molar-refractivity contribution in [2.24, 2.45) is 0 Å². The number of carbonyl (C=O) groups is 1. The fraction of sp³-hybridized carbons (Fsp3) is 0.962. The molecule has 0 aliphatic rings. The van der Waals surface area contributed by atoms with E-state index >= 15 is 0 Å². The lowest BCUT2D eigenvalue weighted by atomic mass is 9.87. The molecule has 0 fully saturated rings. The maximum atomic E-state index is 14.1. The van der Waals surface area contributed by atoms with E-state index in [1.54, 1.807) is 0 Å². The third kappa shape index (κ3) is 8.94. The molecule has 24 heteroatoms. The van der Waals surface area contributed by atoms with Crippen LogP contribution in [0.1, 0.15) is 71.1 Å². The predicted molar refractivity (Wildman–Crippen MR) is 132 cm³/mol. The molecule has 0 bridgehead atoms. The zero-order chi connectivity index (χ0) is 40.3. The Labute approximate surface area is 271 Å². The normalized spacial score (nSPS) is 15.4. The summed E-state index contributed by atoms with van der Waals surface area (Å²) in [5.41, 5.74) is 0. The summed E-state index contributed by atoms with van der Waals surface area (Å²) < 4.78 is 283. The number of nitrogens with zero attached hydrogens (tertiary/aromatic N) is 1. The highest BCUT2D eigenvalue weighted by atomic mass is 19.4. The maximum absolute atomic E-state index is 14.1. The first-order valence-electron chi connectivity index (χ1n) is 14.5. The van der Waals surface area contributed by atoms with Crippen molar-refractivity contribution in [1.29, 1.82) is 0 Å². The van der Waals surface area contributed by atoms with Gasteiger partial charge in [-0.3, -0.25) is 10.1 Å². The maximum Gasteiger partial charge on any atom is 0.460 e. The summed E-state index contributed by atoms with van der Waals surface area (Å²) in [5.74, 6) is -73.4. The van der Waals surface area contributed by atoms with Crippen LogP contribution in [0, 0.1) is 0 Å². The molecule has 1 amide bonds. The molecule has 0 heterocycles. The van der Waals surface area contributed by atoms with E-state index in [0.29, 0.717) is 12.8 Å². The van der Waals surface area contributed by atoms with E-state index in [2.05, 4.69) is 0 Å². The van der Waals surface area contributed by atoms with Crippen LogP contribution in [0.25, 0.3) is 0 Å². The van der Waals surface area contributed by atoms with Gasteiger partial charge in [-0.05, 0) is 12.8 Å². The number of nitrogens with one attached hydrogen (secondary N) is 1. The van der Waals surface area contributed by atoms with Crippen molar-refractivity contribution in [3.05, 3.63) is 0 Å². The number of carbonyl (C=O) groups excluding carboxylic acids is 1. The van der Waals surface area contributed by atoms with Crippen molar-refractivity contribution >= 4 is 5.91 Å². The van der Waals surface area contributed by atoms with Gasteiger partial charge in [-0.1, -0.05) is 58.3 Å². The Morgan fingerprint density at radius 3 is 1.04 bits per heavy atom. The Bertz CT molecular complexity index is 1100. The Morgan fingerprint density at radius 2 is 0.720 bits per heavy atom. The monoisotopic (exact) mass is 789 g/mol. The van der Waals surface area contributed by atoms with Crippen molar-refractivity contribution in [2.45, 2.75) is 131 Å². The van der Waals surface area contributed by atoms with E-state index in [1.807, 2.05) is 6.92 Å². The summed E-state index contributed by atoms with van der Waals surface area (Å²) in [7, 11) is 2.18. The average Bonchev–Trinajstić information content (AvgIpc) is 2.91. The Kier molecular flexibility index (Phi) is 14.9. The van der Waals surface area contributed by atoms with E-state index in [0.717, 1.165) is 59.0 Å². The Morgan fingerprint density at radius 1 is 0.440 bits per heavy atom. The average molecular weight is 790 g/mol. The molecule has 0 aliphatic heterocycles. The molecule has 3 nitrogen and oxygen atoms in total. The van der Waals surface area contributed by atoms with Crippen LogP contribution in [-0.2, 0) is 4.79 Å². The molecule has 0 aromatic heterocycles. The molecule has 0 radical (unpaired) electrons. The summed E-state index contributed by atoms with van der Waals surface area (Å²) in [5, 5.41) is -0.225. The fourth-order valence-electron chi connectivity index (χ4n) is 4.35. The zero-order valence-electron chi connectivity index (χ0n) is 26.3. The van der Waals surface area contributed by atoms with Gasteiger partial charge in [0.1, 0.15) is 0 Å². The van der Waals surface area contributed by atoms with Gasteiger partial charge < -0.3 is 4.48 Å². The molecular weight excluding hydrogens is 755 g/mol. The smallest absolute Gasteiger partial charge is 0.321 e. The van der Waals surface area contributed by atoms with Gasteiger partial charge in [-0.25, -0.2) is 0 Å². The molecule has 50 heavy (non-hydrogen) atoms. The van der Waals surface area contributed by atoms with Gasteiger partial charge in [0, 0.05) is 0 Å². The van der Waals surface area contributed by atoms with E-state index < -0.39 is 76.5 Å². The molecule has 0 rings (SSSR count).